The van der Waals surface area contributed by atoms with Crippen LogP contribution in [-0.4, -0.2) is 10.1 Å². The van der Waals surface area contributed by atoms with Gasteiger partial charge in [0.25, 0.3) is 0 Å². The fourth-order valence-corrected chi connectivity index (χ4v) is 1.42. The zero-order valence-corrected chi connectivity index (χ0v) is 5.82. The summed E-state index contributed by atoms with van der Waals surface area (Å²) in [5.74, 6) is 1.10. The Morgan fingerprint density at radius 1 is 1.38 bits per heavy atom. The van der Waals surface area contributed by atoms with Crippen molar-refractivity contribution in [1.29, 1.82) is 0 Å². The quantitative estimate of drug-likeness (QED) is 0.454. The maximum atomic E-state index is 2.30. The Kier molecular flexibility index (Phi) is 4.17. The monoisotopic (exact) mass is 109 g/mol. The van der Waals surface area contributed by atoms with Gasteiger partial charge in [-0.2, -0.15) is 0 Å². The van der Waals surface area contributed by atoms with Gasteiger partial charge in [0, 0.05) is 0 Å². The van der Waals surface area contributed by atoms with E-state index in [-0.39, 0.29) is 13.0 Å². The van der Waals surface area contributed by atoms with E-state index in [1.165, 1.54) is 32.1 Å². The van der Waals surface area contributed by atoms with Crippen molar-refractivity contribution in [3.8, 4) is 0 Å². The SMILES string of the molecule is CCC1CCCC1.[Be+2].[H-].[H-]. The third kappa shape index (κ3) is 1.96. The molecule has 1 saturated carbocycles. The molecule has 0 radical (unpaired) electrons. The van der Waals surface area contributed by atoms with Gasteiger partial charge in [0.15, 0.2) is 0 Å². The van der Waals surface area contributed by atoms with Gasteiger partial charge in [-0.25, -0.2) is 0 Å². The molecule has 0 aliphatic heterocycles. The van der Waals surface area contributed by atoms with Crippen LogP contribution in [0.25, 0.3) is 0 Å². The smallest absolute Gasteiger partial charge is 1.00 e. The Morgan fingerprint density at radius 2 is 1.88 bits per heavy atom. The zero-order valence-electron chi connectivity index (χ0n) is 7.82. The summed E-state index contributed by atoms with van der Waals surface area (Å²) in [6.45, 7) is 2.30. The van der Waals surface area contributed by atoms with Crippen LogP contribution in [0.4, 0.5) is 0 Å². The second-order valence-electron chi connectivity index (χ2n) is 2.56. The molecule has 0 saturated heterocycles. The van der Waals surface area contributed by atoms with Gasteiger partial charge in [-0.1, -0.05) is 39.0 Å². The van der Waals surface area contributed by atoms with Crippen molar-refractivity contribution in [2.75, 3.05) is 0 Å². The van der Waals surface area contributed by atoms with Gasteiger partial charge in [0.2, 0.25) is 0 Å². The average molecular weight is 109 g/mol. The molecule has 0 bridgehead atoms. The largest absolute Gasteiger partial charge is 2.00 e. The van der Waals surface area contributed by atoms with Crippen LogP contribution in [0.1, 0.15) is 41.9 Å². The topological polar surface area (TPSA) is 0 Å². The third-order valence-corrected chi connectivity index (χ3v) is 2.05. The summed E-state index contributed by atoms with van der Waals surface area (Å²) in [4.78, 5) is 0. The van der Waals surface area contributed by atoms with Crippen molar-refractivity contribution >= 4 is 10.1 Å². The van der Waals surface area contributed by atoms with Gasteiger partial charge in [0.1, 0.15) is 0 Å². The number of hydrogen-bond acceptors (Lipinski definition) is 0. The molecule has 46 valence electrons. The molecule has 0 atom stereocenters. The van der Waals surface area contributed by atoms with E-state index < -0.39 is 0 Å². The molecule has 1 rings (SSSR count). The molecule has 1 aliphatic rings. The zero-order chi connectivity index (χ0) is 5.11. The Morgan fingerprint density at radius 3 is 2.12 bits per heavy atom. The Labute approximate surface area is 58.9 Å². The Bertz CT molecular complexity index is 53.6. The summed E-state index contributed by atoms with van der Waals surface area (Å²) in [6, 6.07) is 0. The van der Waals surface area contributed by atoms with E-state index in [1.54, 1.807) is 0 Å². The van der Waals surface area contributed by atoms with Gasteiger partial charge >= 0.3 is 10.1 Å². The minimum Gasteiger partial charge on any atom is -1.00 e. The first-order valence-electron chi connectivity index (χ1n) is 3.43. The summed E-state index contributed by atoms with van der Waals surface area (Å²) in [5, 5.41) is 0. The van der Waals surface area contributed by atoms with Gasteiger partial charge in [-0.15, -0.1) is 0 Å². The van der Waals surface area contributed by atoms with Crippen LogP contribution in [0.5, 0.6) is 0 Å². The second kappa shape index (κ2) is 4.09. The summed E-state index contributed by atoms with van der Waals surface area (Å²) in [5.41, 5.74) is 0. The van der Waals surface area contributed by atoms with Gasteiger partial charge in [0.05, 0.1) is 0 Å². The minimum atomic E-state index is 0. The Balaban J connectivity index is -0.000000163. The van der Waals surface area contributed by atoms with E-state index in [9.17, 15) is 0 Å². The molecule has 0 unspecified atom stereocenters. The number of hydrogen-bond donors (Lipinski definition) is 0. The number of rotatable bonds is 1. The predicted octanol–water partition coefficient (Wildman–Crippen LogP) is 2.43. The Hall–Kier alpha value is 0.169. The first kappa shape index (κ1) is 8.17. The molecule has 0 N–H and O–H groups in total. The van der Waals surface area contributed by atoms with E-state index in [1.807, 2.05) is 0 Å². The minimum absolute atomic E-state index is 0. The third-order valence-electron chi connectivity index (χ3n) is 2.05. The molecule has 1 fully saturated rings. The van der Waals surface area contributed by atoms with Crippen molar-refractivity contribution in [2.45, 2.75) is 39.0 Å². The van der Waals surface area contributed by atoms with Crippen LogP contribution in [0.2, 0.25) is 0 Å². The van der Waals surface area contributed by atoms with Crippen LogP contribution >= 0.6 is 0 Å². The van der Waals surface area contributed by atoms with Gasteiger partial charge in [-0.3, -0.25) is 0 Å². The van der Waals surface area contributed by atoms with E-state index >= 15 is 0 Å². The fourth-order valence-electron chi connectivity index (χ4n) is 1.42. The summed E-state index contributed by atoms with van der Waals surface area (Å²) in [7, 11) is 0. The van der Waals surface area contributed by atoms with Crippen molar-refractivity contribution < 1.29 is 2.85 Å². The van der Waals surface area contributed by atoms with E-state index in [0.29, 0.717) is 0 Å². The van der Waals surface area contributed by atoms with E-state index in [0.717, 1.165) is 5.92 Å². The molecule has 0 heterocycles. The van der Waals surface area contributed by atoms with Crippen LogP contribution in [-0.2, 0) is 0 Å². The van der Waals surface area contributed by atoms with Crippen molar-refractivity contribution in [3.05, 3.63) is 0 Å². The van der Waals surface area contributed by atoms with Gasteiger partial charge < -0.3 is 2.85 Å². The van der Waals surface area contributed by atoms with Crippen LogP contribution in [0, 0.1) is 5.92 Å². The molecule has 0 nitrogen and oxygen atoms in total. The van der Waals surface area contributed by atoms with Crippen LogP contribution < -0.4 is 0 Å². The first-order chi connectivity index (χ1) is 3.43. The fraction of sp³-hybridized carbons (Fsp3) is 1.00. The first-order valence-corrected chi connectivity index (χ1v) is 3.43. The molecule has 0 aromatic carbocycles. The van der Waals surface area contributed by atoms with Crippen molar-refractivity contribution in [3.63, 3.8) is 0 Å². The molecule has 1 heteroatoms. The molecule has 0 aromatic heterocycles. The van der Waals surface area contributed by atoms with Crippen LogP contribution in [0.15, 0.2) is 0 Å². The van der Waals surface area contributed by atoms with Gasteiger partial charge in [-0.05, 0) is 5.92 Å². The molecule has 1 aliphatic carbocycles. The summed E-state index contributed by atoms with van der Waals surface area (Å²) < 4.78 is 0. The maximum Gasteiger partial charge on any atom is 2.00 e. The molecule has 0 spiro atoms. The second-order valence-corrected chi connectivity index (χ2v) is 2.56. The average Bonchev–Trinajstić information content (AvgIpc) is 2.14. The van der Waals surface area contributed by atoms with Crippen LogP contribution in [0.3, 0.4) is 0 Å². The standard InChI is InChI=1S/C7H14.Be.2H/c1-2-7-5-3-4-6-7;;;/h7H,2-6H2,1H3;;;/q;+2;2*-1. The molecular weight excluding hydrogens is 93.1 g/mol. The maximum absolute atomic E-state index is 2.30. The molecule has 8 heavy (non-hydrogen) atoms. The molecule has 0 amide bonds. The summed E-state index contributed by atoms with van der Waals surface area (Å²) >= 11 is 0. The van der Waals surface area contributed by atoms with Crippen molar-refractivity contribution in [2.24, 2.45) is 5.92 Å². The normalized spacial score (nSPS) is 20.6. The van der Waals surface area contributed by atoms with E-state index in [4.69, 9.17) is 0 Å². The van der Waals surface area contributed by atoms with E-state index in [2.05, 4.69) is 6.92 Å². The van der Waals surface area contributed by atoms with Crippen molar-refractivity contribution in [1.82, 2.24) is 0 Å². The molecular formula is C7H16Be. The predicted molar refractivity (Wildman–Crippen MR) is 40.2 cm³/mol. The summed E-state index contributed by atoms with van der Waals surface area (Å²) in [6.07, 6.45) is 7.43. The molecule has 0 aromatic rings.